The van der Waals surface area contributed by atoms with Gasteiger partial charge in [0.05, 0.1) is 12.1 Å². The molecule has 6 unspecified atom stereocenters. The highest BCUT2D eigenvalue weighted by Gasteiger charge is 2.34. The Morgan fingerprint density at radius 3 is 2.59 bits per heavy atom. The van der Waals surface area contributed by atoms with Crippen LogP contribution in [-0.2, 0) is 27.2 Å². The number of aliphatic imine (C=N–C) groups is 1. The maximum Gasteiger partial charge on any atom is 0.328 e. The molecule has 1 aliphatic carbocycles. The lowest BCUT2D eigenvalue weighted by Crippen LogP contribution is -2.36. The number of aryl methyl sites for hydroxylation is 1. The number of anilines is 1. The number of aromatic nitrogens is 1. The Morgan fingerprint density at radius 2 is 1.92 bits per heavy atom. The Balaban J connectivity index is 1.72. The number of nitrogens with two attached hydrogens (primary N) is 3. The second-order valence-corrected chi connectivity index (χ2v) is 13.5. The largest absolute Gasteiger partial charge is 0.478 e. The molecule has 1 heterocycles. The highest BCUT2D eigenvalue weighted by molar-refractivity contribution is 5.86. The second-order valence-electron chi connectivity index (χ2n) is 13.5. The molecule has 0 bridgehead atoms. The van der Waals surface area contributed by atoms with Crippen LogP contribution in [0.15, 0.2) is 65.3 Å². The van der Waals surface area contributed by atoms with Crippen LogP contribution < -0.4 is 22.5 Å². The summed E-state index contributed by atoms with van der Waals surface area (Å²) in [5.41, 5.74) is 22.1. The van der Waals surface area contributed by atoms with E-state index in [1.165, 1.54) is 17.2 Å². The number of rotatable bonds is 20. The molecule has 3 aromatic rings. The number of carboxylic acid groups (broad SMARTS) is 1. The Kier molecular flexibility index (Phi) is 14.0. The number of aliphatic hydroxyl groups excluding tert-OH is 1. The lowest BCUT2D eigenvalue weighted by molar-refractivity contribution is -0.131. The molecule has 1 aliphatic rings. The maximum absolute atomic E-state index is 12.2. The number of hydrogen-bond acceptors (Lipinski definition) is 7. The van der Waals surface area contributed by atoms with Crippen LogP contribution in [0.2, 0.25) is 0 Å². The van der Waals surface area contributed by atoms with Crippen molar-refractivity contribution in [1.82, 2.24) is 4.98 Å². The fourth-order valence-corrected chi connectivity index (χ4v) is 7.32. The second kappa shape index (κ2) is 18.3. The number of aliphatic carboxylic acids is 1. The van der Waals surface area contributed by atoms with Crippen molar-refractivity contribution in [3.63, 3.8) is 0 Å². The van der Waals surface area contributed by atoms with Crippen molar-refractivity contribution in [2.75, 3.05) is 11.9 Å². The van der Waals surface area contributed by atoms with Crippen LogP contribution in [0.5, 0.6) is 0 Å². The van der Waals surface area contributed by atoms with Crippen molar-refractivity contribution in [3.8, 4) is 0 Å². The Morgan fingerprint density at radius 1 is 1.10 bits per heavy atom. The van der Waals surface area contributed by atoms with E-state index in [0.717, 1.165) is 79.7 Å². The molecule has 0 radical (unpaired) electrons. The van der Waals surface area contributed by atoms with Crippen molar-refractivity contribution in [2.24, 2.45) is 34.0 Å². The zero-order valence-corrected chi connectivity index (χ0v) is 28.4. The SMILES string of the molecule is CC(C=O)CCC(N)CCCC1c2cc3cc(CC=O)ccc3cc2CCC1CC(Nc1ccc[nH]1)C(=CC(=O)O)C(CCO)N=C(N)N. The van der Waals surface area contributed by atoms with Gasteiger partial charge in [0.25, 0.3) is 0 Å². The summed E-state index contributed by atoms with van der Waals surface area (Å²) in [6.45, 7) is 1.69. The number of carbonyl (C=O) groups excluding carboxylic acids is 2. The van der Waals surface area contributed by atoms with Crippen LogP contribution in [0, 0.1) is 11.8 Å². The lowest BCUT2D eigenvalue weighted by Gasteiger charge is -2.38. The predicted octanol–water partition coefficient (Wildman–Crippen LogP) is 4.57. The minimum absolute atomic E-state index is 0.00219. The average molecular weight is 673 g/mol. The first-order valence-corrected chi connectivity index (χ1v) is 17.4. The number of aliphatic hydroxyl groups is 1. The first kappa shape index (κ1) is 37.3. The molecule has 0 saturated carbocycles. The fourth-order valence-electron chi connectivity index (χ4n) is 7.32. The van der Waals surface area contributed by atoms with E-state index in [4.69, 9.17) is 17.2 Å². The Hall–Kier alpha value is -4.48. The average Bonchev–Trinajstić information content (AvgIpc) is 3.58. The molecule has 0 spiro atoms. The number of aromatic amines is 1. The van der Waals surface area contributed by atoms with E-state index in [-0.39, 0.29) is 42.8 Å². The van der Waals surface area contributed by atoms with Crippen molar-refractivity contribution < 1.29 is 24.6 Å². The third-order valence-electron chi connectivity index (χ3n) is 9.80. The van der Waals surface area contributed by atoms with Gasteiger partial charge in [0.1, 0.15) is 18.4 Å². The van der Waals surface area contributed by atoms with Gasteiger partial charge in [0.2, 0.25) is 0 Å². The summed E-state index contributed by atoms with van der Waals surface area (Å²) in [4.78, 5) is 42.2. The van der Waals surface area contributed by atoms with Gasteiger partial charge in [-0.15, -0.1) is 0 Å². The van der Waals surface area contributed by atoms with Gasteiger partial charge in [-0.05, 0) is 108 Å². The molecule has 0 aliphatic heterocycles. The lowest BCUT2D eigenvalue weighted by atomic mass is 9.69. The minimum atomic E-state index is -1.12. The van der Waals surface area contributed by atoms with Crippen molar-refractivity contribution >= 4 is 41.1 Å². The van der Waals surface area contributed by atoms with Gasteiger partial charge in [-0.3, -0.25) is 0 Å². The number of guanidine groups is 1. The van der Waals surface area contributed by atoms with E-state index in [2.05, 4.69) is 39.6 Å². The topological polar surface area (TPSA) is 210 Å². The van der Waals surface area contributed by atoms with Crippen LogP contribution in [-0.4, -0.2) is 64.4 Å². The summed E-state index contributed by atoms with van der Waals surface area (Å²) in [7, 11) is 0. The van der Waals surface area contributed by atoms with Gasteiger partial charge in [0.15, 0.2) is 5.96 Å². The standard InChI is InChI=1S/C38H52N6O5/c1-24(23-47)7-12-30(39)4-2-5-31-28(11-10-27-19-26-9-8-25(13-16-45)18-29(26)20-32(27)31)21-35(43-36-6-3-15-42-36)33(22-37(48)49)34(14-17-46)44-38(40)41/h3,6,8-9,15-16,18-20,22-24,28,30-31,34-35,42-43,46H,2,4-5,7,10-14,17,21,39H2,1H3,(H,48,49)(H4,40,41,44). The summed E-state index contributed by atoms with van der Waals surface area (Å²) < 4.78 is 0. The van der Waals surface area contributed by atoms with Gasteiger partial charge < -0.3 is 47.3 Å². The van der Waals surface area contributed by atoms with E-state index < -0.39 is 18.1 Å². The summed E-state index contributed by atoms with van der Waals surface area (Å²) in [5.74, 6) is -0.273. The number of fused-ring (bicyclic) bond motifs is 2. The van der Waals surface area contributed by atoms with Crippen LogP contribution >= 0.6 is 0 Å². The first-order chi connectivity index (χ1) is 23.6. The monoisotopic (exact) mass is 672 g/mol. The molecule has 264 valence electrons. The van der Waals surface area contributed by atoms with Crippen molar-refractivity contribution in [1.29, 1.82) is 0 Å². The molecule has 0 amide bonds. The summed E-state index contributed by atoms with van der Waals surface area (Å²) in [5, 5.41) is 25.6. The van der Waals surface area contributed by atoms with Crippen LogP contribution in [0.3, 0.4) is 0 Å². The molecule has 11 nitrogen and oxygen atoms in total. The fraction of sp³-hybridized carbons (Fsp3) is 0.474. The number of carbonyl (C=O) groups is 3. The highest BCUT2D eigenvalue weighted by atomic mass is 16.4. The van der Waals surface area contributed by atoms with E-state index in [1.807, 2.05) is 25.1 Å². The zero-order chi connectivity index (χ0) is 35.3. The molecule has 4 rings (SSSR count). The smallest absolute Gasteiger partial charge is 0.328 e. The molecular formula is C38H52N6O5. The number of carboxylic acids is 1. The van der Waals surface area contributed by atoms with Gasteiger partial charge in [-0.1, -0.05) is 43.7 Å². The number of nitrogens with one attached hydrogen (secondary N) is 2. The van der Waals surface area contributed by atoms with E-state index in [9.17, 15) is 24.6 Å². The number of hydrogen-bond donors (Lipinski definition) is 7. The number of H-pyrrole nitrogens is 1. The van der Waals surface area contributed by atoms with E-state index >= 15 is 0 Å². The van der Waals surface area contributed by atoms with Crippen LogP contribution in [0.4, 0.5) is 5.82 Å². The third kappa shape index (κ3) is 10.8. The Labute approximate surface area is 288 Å². The molecule has 2 aromatic carbocycles. The minimum Gasteiger partial charge on any atom is -0.478 e. The maximum atomic E-state index is 12.2. The molecule has 0 saturated heterocycles. The van der Waals surface area contributed by atoms with Gasteiger partial charge in [0, 0.05) is 37.3 Å². The summed E-state index contributed by atoms with van der Waals surface area (Å²) >= 11 is 0. The van der Waals surface area contributed by atoms with Crippen LogP contribution in [0.25, 0.3) is 10.8 Å². The van der Waals surface area contributed by atoms with Gasteiger partial charge >= 0.3 is 5.97 Å². The van der Waals surface area contributed by atoms with E-state index in [0.29, 0.717) is 18.4 Å². The Bertz CT molecular complexity index is 1600. The molecule has 11 heteroatoms. The van der Waals surface area contributed by atoms with E-state index in [1.54, 1.807) is 6.20 Å². The number of benzene rings is 2. The highest BCUT2D eigenvalue weighted by Crippen LogP contribution is 2.44. The molecule has 1 aromatic heterocycles. The van der Waals surface area contributed by atoms with Gasteiger partial charge in [-0.2, -0.15) is 0 Å². The quantitative estimate of drug-likeness (QED) is 0.0387. The normalized spacial score (nSPS) is 18.6. The summed E-state index contributed by atoms with van der Waals surface area (Å²) in [6, 6.07) is 13.3. The zero-order valence-electron chi connectivity index (χ0n) is 28.4. The number of aldehydes is 2. The van der Waals surface area contributed by atoms with Gasteiger partial charge in [-0.25, -0.2) is 9.79 Å². The molecule has 6 atom stereocenters. The number of nitrogens with zero attached hydrogens (tertiary/aromatic N) is 1. The molecular weight excluding hydrogens is 620 g/mol. The van der Waals surface area contributed by atoms with Crippen molar-refractivity contribution in [3.05, 3.63) is 77.0 Å². The molecule has 49 heavy (non-hydrogen) atoms. The molecule has 10 N–H and O–H groups in total. The molecule has 0 fully saturated rings. The summed E-state index contributed by atoms with van der Waals surface area (Å²) in [6.07, 6.45) is 11.9. The first-order valence-electron chi connectivity index (χ1n) is 17.4. The predicted molar refractivity (Wildman–Crippen MR) is 194 cm³/mol. The van der Waals surface area contributed by atoms with Crippen molar-refractivity contribution in [2.45, 2.75) is 95.2 Å². The third-order valence-corrected chi connectivity index (χ3v) is 9.80. The van der Waals surface area contributed by atoms with Crippen LogP contribution in [0.1, 0.15) is 80.9 Å².